The van der Waals surface area contributed by atoms with Crippen LogP contribution < -0.4 is 0 Å². The van der Waals surface area contributed by atoms with Crippen LogP contribution in [0, 0.1) is 6.92 Å². The molecule has 1 aliphatic rings. The molecule has 6 nitrogen and oxygen atoms in total. The van der Waals surface area contributed by atoms with Gasteiger partial charge in [-0.1, -0.05) is 11.6 Å². The third kappa shape index (κ3) is 3.44. The summed E-state index contributed by atoms with van der Waals surface area (Å²) in [6, 6.07) is -0.217. The fourth-order valence-electron chi connectivity index (χ4n) is 2.63. The summed E-state index contributed by atoms with van der Waals surface area (Å²) in [6.45, 7) is 2.42. The van der Waals surface area contributed by atoms with Gasteiger partial charge in [-0.3, -0.25) is 14.3 Å². The van der Waals surface area contributed by atoms with E-state index in [-0.39, 0.29) is 18.4 Å². The highest BCUT2D eigenvalue weighted by Crippen LogP contribution is 2.23. The molecule has 1 aliphatic heterocycles. The first-order chi connectivity index (χ1) is 9.90. The van der Waals surface area contributed by atoms with Crippen LogP contribution in [0.4, 0.5) is 0 Å². The standard InChI is InChI=1S/C14H18ClN3O3/c1-9-11(14(15)17(2)16-9)5-6-12(19)18-7-3-4-10(18)8-13(20)21/h5-6,10H,3-4,7-8H2,1-2H3,(H,20,21). The Kier molecular flexibility index (Phi) is 4.67. The zero-order valence-electron chi connectivity index (χ0n) is 12.0. The van der Waals surface area contributed by atoms with Gasteiger partial charge >= 0.3 is 5.97 Å². The average molecular weight is 312 g/mol. The van der Waals surface area contributed by atoms with Crippen LogP contribution in [0.5, 0.6) is 0 Å². The lowest BCUT2D eigenvalue weighted by Gasteiger charge is -2.21. The quantitative estimate of drug-likeness (QED) is 0.861. The summed E-state index contributed by atoms with van der Waals surface area (Å²) >= 11 is 6.10. The number of nitrogens with zero attached hydrogens (tertiary/aromatic N) is 3. The number of amides is 1. The third-order valence-corrected chi connectivity index (χ3v) is 4.11. The molecular formula is C14H18ClN3O3. The first-order valence-electron chi connectivity index (χ1n) is 6.79. The van der Waals surface area contributed by atoms with Crippen molar-refractivity contribution in [3.63, 3.8) is 0 Å². The molecule has 0 spiro atoms. The number of carboxylic acids is 1. The molecule has 0 aromatic carbocycles. The second-order valence-electron chi connectivity index (χ2n) is 5.17. The Labute approximate surface area is 128 Å². The van der Waals surface area contributed by atoms with Crippen molar-refractivity contribution < 1.29 is 14.7 Å². The molecule has 0 aliphatic carbocycles. The fourth-order valence-corrected chi connectivity index (χ4v) is 2.86. The van der Waals surface area contributed by atoms with Gasteiger partial charge in [0.25, 0.3) is 0 Å². The maximum absolute atomic E-state index is 12.2. The summed E-state index contributed by atoms with van der Waals surface area (Å²) in [5.74, 6) is -1.06. The summed E-state index contributed by atoms with van der Waals surface area (Å²) in [4.78, 5) is 24.6. The topological polar surface area (TPSA) is 75.4 Å². The number of hydrogen-bond donors (Lipinski definition) is 1. The average Bonchev–Trinajstić information content (AvgIpc) is 2.93. The lowest BCUT2D eigenvalue weighted by Crippen LogP contribution is -2.35. The van der Waals surface area contributed by atoms with Gasteiger partial charge in [0, 0.05) is 31.3 Å². The van der Waals surface area contributed by atoms with Gasteiger partial charge < -0.3 is 10.0 Å². The Morgan fingerprint density at radius 1 is 1.52 bits per heavy atom. The Morgan fingerprint density at radius 3 is 2.81 bits per heavy atom. The second-order valence-corrected chi connectivity index (χ2v) is 5.53. The van der Waals surface area contributed by atoms with Crippen molar-refractivity contribution in [3.05, 3.63) is 22.5 Å². The summed E-state index contributed by atoms with van der Waals surface area (Å²) in [5, 5.41) is 13.5. The van der Waals surface area contributed by atoms with E-state index in [0.29, 0.717) is 17.3 Å². The molecule has 1 aromatic rings. The molecule has 2 rings (SSSR count). The van der Waals surface area contributed by atoms with Gasteiger partial charge in [0.15, 0.2) is 0 Å². The number of aromatic nitrogens is 2. The summed E-state index contributed by atoms with van der Waals surface area (Å²) in [6.07, 6.45) is 4.65. The van der Waals surface area contributed by atoms with Crippen molar-refractivity contribution in [1.29, 1.82) is 0 Å². The zero-order chi connectivity index (χ0) is 15.6. The van der Waals surface area contributed by atoms with Crippen LogP contribution in [0.2, 0.25) is 5.15 Å². The lowest BCUT2D eigenvalue weighted by atomic mass is 10.1. The SMILES string of the molecule is Cc1nn(C)c(Cl)c1C=CC(=O)N1CCCC1CC(=O)O. The highest BCUT2D eigenvalue weighted by atomic mass is 35.5. The van der Waals surface area contributed by atoms with Crippen molar-refractivity contribution >= 4 is 29.6 Å². The van der Waals surface area contributed by atoms with Crippen LogP contribution >= 0.6 is 11.6 Å². The van der Waals surface area contributed by atoms with E-state index < -0.39 is 5.97 Å². The molecule has 7 heteroatoms. The minimum atomic E-state index is -0.880. The van der Waals surface area contributed by atoms with Crippen LogP contribution in [0.25, 0.3) is 6.08 Å². The lowest BCUT2D eigenvalue weighted by molar-refractivity contribution is -0.139. The highest BCUT2D eigenvalue weighted by molar-refractivity contribution is 6.31. The van der Waals surface area contributed by atoms with Crippen LogP contribution in [0.1, 0.15) is 30.5 Å². The van der Waals surface area contributed by atoms with Gasteiger partial charge in [-0.15, -0.1) is 0 Å². The highest BCUT2D eigenvalue weighted by Gasteiger charge is 2.29. The van der Waals surface area contributed by atoms with Gasteiger partial charge in [-0.25, -0.2) is 0 Å². The number of carbonyl (C=O) groups excluding carboxylic acids is 1. The van der Waals surface area contributed by atoms with E-state index in [1.807, 2.05) is 6.92 Å². The molecule has 0 bridgehead atoms. The van der Waals surface area contributed by atoms with E-state index >= 15 is 0 Å². The number of aryl methyl sites for hydroxylation is 2. The number of likely N-dealkylation sites (tertiary alicyclic amines) is 1. The van der Waals surface area contributed by atoms with E-state index in [2.05, 4.69) is 5.10 Å². The molecule has 2 heterocycles. The smallest absolute Gasteiger partial charge is 0.305 e. The van der Waals surface area contributed by atoms with Crippen molar-refractivity contribution in [3.8, 4) is 0 Å². The van der Waals surface area contributed by atoms with Crippen LogP contribution in [-0.4, -0.2) is 44.3 Å². The number of carbonyl (C=O) groups is 2. The number of carboxylic acid groups (broad SMARTS) is 1. The Bertz CT molecular complexity index is 595. The van der Waals surface area contributed by atoms with Crippen molar-refractivity contribution in [2.75, 3.05) is 6.54 Å². The molecule has 114 valence electrons. The van der Waals surface area contributed by atoms with Crippen LogP contribution in [0.3, 0.4) is 0 Å². The Balaban J connectivity index is 2.10. The predicted molar refractivity (Wildman–Crippen MR) is 79.0 cm³/mol. The normalized spacial score (nSPS) is 18.6. The molecule has 1 fully saturated rings. The first kappa shape index (κ1) is 15.6. The second kappa shape index (κ2) is 6.30. The van der Waals surface area contributed by atoms with E-state index in [4.69, 9.17) is 16.7 Å². The molecule has 1 atom stereocenters. The van der Waals surface area contributed by atoms with Crippen molar-refractivity contribution in [2.24, 2.45) is 7.05 Å². The summed E-state index contributed by atoms with van der Waals surface area (Å²) in [7, 11) is 1.73. The van der Waals surface area contributed by atoms with Crippen molar-refractivity contribution in [2.45, 2.75) is 32.2 Å². The van der Waals surface area contributed by atoms with Gasteiger partial charge in [0.1, 0.15) is 5.15 Å². The molecule has 1 saturated heterocycles. The number of aliphatic carboxylic acids is 1. The third-order valence-electron chi connectivity index (χ3n) is 3.66. The van der Waals surface area contributed by atoms with E-state index in [0.717, 1.165) is 18.5 Å². The van der Waals surface area contributed by atoms with Gasteiger partial charge in [-0.2, -0.15) is 5.10 Å². The molecule has 21 heavy (non-hydrogen) atoms. The van der Waals surface area contributed by atoms with Gasteiger partial charge in [0.2, 0.25) is 5.91 Å². The minimum absolute atomic E-state index is 0.00768. The van der Waals surface area contributed by atoms with Crippen LogP contribution in [0.15, 0.2) is 6.08 Å². The molecule has 0 radical (unpaired) electrons. The van der Waals surface area contributed by atoms with Gasteiger partial charge in [0.05, 0.1) is 12.1 Å². The number of halogens is 1. The Morgan fingerprint density at radius 2 is 2.24 bits per heavy atom. The minimum Gasteiger partial charge on any atom is -0.481 e. The Hall–Kier alpha value is -1.82. The molecule has 1 N–H and O–H groups in total. The fraction of sp³-hybridized carbons (Fsp3) is 0.500. The van der Waals surface area contributed by atoms with E-state index in [1.54, 1.807) is 22.7 Å². The molecule has 0 saturated carbocycles. The first-order valence-corrected chi connectivity index (χ1v) is 7.17. The summed E-state index contributed by atoms with van der Waals surface area (Å²) in [5.41, 5.74) is 1.46. The monoisotopic (exact) mass is 311 g/mol. The molecule has 1 aromatic heterocycles. The molecule has 1 amide bonds. The largest absolute Gasteiger partial charge is 0.481 e. The zero-order valence-corrected chi connectivity index (χ0v) is 12.8. The van der Waals surface area contributed by atoms with Crippen LogP contribution in [-0.2, 0) is 16.6 Å². The number of rotatable bonds is 4. The van der Waals surface area contributed by atoms with E-state index in [1.165, 1.54) is 6.08 Å². The van der Waals surface area contributed by atoms with Crippen molar-refractivity contribution in [1.82, 2.24) is 14.7 Å². The predicted octanol–water partition coefficient (Wildman–Crippen LogP) is 1.86. The number of hydrogen-bond acceptors (Lipinski definition) is 3. The maximum Gasteiger partial charge on any atom is 0.305 e. The maximum atomic E-state index is 12.2. The van der Waals surface area contributed by atoms with Gasteiger partial charge in [-0.05, 0) is 25.8 Å². The van der Waals surface area contributed by atoms with E-state index in [9.17, 15) is 9.59 Å². The molecule has 1 unspecified atom stereocenters. The summed E-state index contributed by atoms with van der Waals surface area (Å²) < 4.78 is 1.55. The molecular weight excluding hydrogens is 294 g/mol.